The predicted octanol–water partition coefficient (Wildman–Crippen LogP) is 1.27. The molecule has 0 fully saturated rings. The first-order valence-corrected chi connectivity index (χ1v) is 1.87. The summed E-state index contributed by atoms with van der Waals surface area (Å²) < 4.78 is 55.5. The number of alkyl halides is 5. The summed E-state index contributed by atoms with van der Waals surface area (Å²) >= 11 is 0. The van der Waals surface area contributed by atoms with Crippen LogP contribution < -0.4 is 0 Å². The number of halogens is 5. The van der Waals surface area contributed by atoms with Gasteiger partial charge in [0.25, 0.3) is 0 Å². The average molecular weight is 228 g/mol. The minimum atomic E-state index is -6.02. The van der Waals surface area contributed by atoms with E-state index in [4.69, 9.17) is 5.11 Å². The first-order chi connectivity index (χ1) is 4.19. The van der Waals surface area contributed by atoms with Crippen LogP contribution in [0, 0.1) is 0 Å². The Balaban J connectivity index is 0. The van der Waals surface area contributed by atoms with Crippen LogP contribution in [0.1, 0.15) is 0 Å². The van der Waals surface area contributed by atoms with Crippen molar-refractivity contribution in [1.82, 2.24) is 0 Å². The minimum Gasteiger partial charge on any atom is -0.477 e. The van der Waals surface area contributed by atoms with E-state index in [1.165, 1.54) is 0 Å². The molecule has 1 radical (unpaired) electrons. The molecular formula is C3HCuF5O2. The Morgan fingerprint density at radius 1 is 1.09 bits per heavy atom. The second-order valence-electron chi connectivity index (χ2n) is 1.38. The summed E-state index contributed by atoms with van der Waals surface area (Å²) in [5.41, 5.74) is 0. The van der Waals surface area contributed by atoms with Gasteiger partial charge < -0.3 is 5.11 Å². The van der Waals surface area contributed by atoms with Gasteiger partial charge in [-0.3, -0.25) is 0 Å². The molecule has 1 N–H and O–H groups in total. The van der Waals surface area contributed by atoms with Crippen molar-refractivity contribution in [2.45, 2.75) is 12.1 Å². The molecule has 0 bridgehead atoms. The molecule has 0 amide bonds. The molecule has 0 atom stereocenters. The Bertz CT molecular complexity index is 152. The van der Waals surface area contributed by atoms with E-state index in [9.17, 15) is 26.7 Å². The van der Waals surface area contributed by atoms with E-state index >= 15 is 0 Å². The molecule has 8 heteroatoms. The van der Waals surface area contributed by atoms with Gasteiger partial charge >= 0.3 is 18.1 Å². The van der Waals surface area contributed by atoms with Crippen LogP contribution in [0.5, 0.6) is 0 Å². The standard InChI is InChI=1S/C3HF5O2.Cu/c4-2(5,1(9)10)3(6,7)8;/h(H,9,10);. The van der Waals surface area contributed by atoms with Crippen molar-refractivity contribution >= 4 is 5.97 Å². The van der Waals surface area contributed by atoms with Gasteiger partial charge in [0.05, 0.1) is 0 Å². The van der Waals surface area contributed by atoms with E-state index in [1.807, 2.05) is 0 Å². The summed E-state index contributed by atoms with van der Waals surface area (Å²) in [6.45, 7) is 0. The van der Waals surface area contributed by atoms with Crippen LogP contribution >= 0.6 is 0 Å². The van der Waals surface area contributed by atoms with Gasteiger partial charge in [-0.2, -0.15) is 22.0 Å². The van der Waals surface area contributed by atoms with E-state index in [0.717, 1.165) is 0 Å². The molecule has 0 aromatic heterocycles. The maximum Gasteiger partial charge on any atom is 0.465 e. The van der Waals surface area contributed by atoms with E-state index in [2.05, 4.69) is 0 Å². The van der Waals surface area contributed by atoms with Gasteiger partial charge in [-0.25, -0.2) is 4.79 Å². The van der Waals surface area contributed by atoms with Crippen molar-refractivity contribution in [3.05, 3.63) is 0 Å². The zero-order valence-corrected chi connectivity index (χ0v) is 5.49. The van der Waals surface area contributed by atoms with Crippen molar-refractivity contribution in [3.63, 3.8) is 0 Å². The van der Waals surface area contributed by atoms with Gasteiger partial charge in [-0.1, -0.05) is 0 Å². The molecule has 0 saturated heterocycles. The number of aliphatic carboxylic acids is 1. The molecule has 0 heterocycles. The molecular weight excluding hydrogens is 227 g/mol. The van der Waals surface area contributed by atoms with E-state index in [-0.39, 0.29) is 17.1 Å². The van der Waals surface area contributed by atoms with Crippen LogP contribution in [-0.2, 0) is 21.9 Å². The third-order valence-corrected chi connectivity index (χ3v) is 0.625. The van der Waals surface area contributed by atoms with Gasteiger partial charge in [-0.15, -0.1) is 0 Å². The van der Waals surface area contributed by atoms with Crippen LogP contribution in [0.15, 0.2) is 0 Å². The Hall–Kier alpha value is -0.361. The topological polar surface area (TPSA) is 37.3 Å². The monoisotopic (exact) mass is 227 g/mol. The SMILES string of the molecule is O=C(O)C(F)(F)C(F)(F)F.[Cu]. The third kappa shape index (κ3) is 2.63. The number of hydrogen-bond acceptors (Lipinski definition) is 1. The molecule has 0 aromatic carbocycles. The van der Waals surface area contributed by atoms with Crippen LogP contribution in [0.4, 0.5) is 22.0 Å². The minimum absolute atomic E-state index is 0. The molecule has 0 aliphatic rings. The maximum absolute atomic E-state index is 11.3. The second-order valence-corrected chi connectivity index (χ2v) is 1.38. The quantitative estimate of drug-likeness (QED) is 0.541. The number of carbonyl (C=O) groups is 1. The fourth-order valence-electron chi connectivity index (χ4n) is 0.121. The fourth-order valence-corrected chi connectivity index (χ4v) is 0.121. The summed E-state index contributed by atoms with van der Waals surface area (Å²) in [6, 6.07) is 0. The largest absolute Gasteiger partial charge is 0.477 e. The van der Waals surface area contributed by atoms with E-state index in [0.29, 0.717) is 0 Å². The summed E-state index contributed by atoms with van der Waals surface area (Å²) in [7, 11) is 0. The molecule has 0 spiro atoms. The zero-order valence-electron chi connectivity index (χ0n) is 4.55. The zero-order chi connectivity index (χ0) is 8.58. The summed E-state index contributed by atoms with van der Waals surface area (Å²) in [5, 5.41) is 7.31. The number of carboxylic acids is 1. The molecule has 2 nitrogen and oxygen atoms in total. The van der Waals surface area contributed by atoms with E-state index < -0.39 is 18.1 Å². The summed E-state index contributed by atoms with van der Waals surface area (Å²) in [4.78, 5) is 9.20. The Morgan fingerprint density at radius 3 is 1.36 bits per heavy atom. The average Bonchev–Trinajstić information content (AvgIpc) is 1.62. The second kappa shape index (κ2) is 3.36. The third-order valence-electron chi connectivity index (χ3n) is 0.625. The Morgan fingerprint density at radius 2 is 1.36 bits per heavy atom. The van der Waals surface area contributed by atoms with Gasteiger partial charge in [0.2, 0.25) is 0 Å². The van der Waals surface area contributed by atoms with Crippen LogP contribution in [-0.4, -0.2) is 23.2 Å². The molecule has 0 unspecified atom stereocenters. The van der Waals surface area contributed by atoms with Crippen LogP contribution in [0.3, 0.4) is 0 Å². The molecule has 0 aromatic rings. The summed E-state index contributed by atoms with van der Waals surface area (Å²) in [5.74, 6) is -8.84. The van der Waals surface area contributed by atoms with Gasteiger partial charge in [-0.05, 0) is 0 Å². The Labute approximate surface area is 67.8 Å². The first-order valence-electron chi connectivity index (χ1n) is 1.87. The van der Waals surface area contributed by atoms with Crippen molar-refractivity contribution in [2.75, 3.05) is 0 Å². The van der Waals surface area contributed by atoms with Crippen molar-refractivity contribution in [1.29, 1.82) is 0 Å². The van der Waals surface area contributed by atoms with Gasteiger partial charge in [0.1, 0.15) is 0 Å². The number of carboxylic acid groups (broad SMARTS) is 1. The Kier molecular flexibility index (Phi) is 4.04. The molecule has 11 heavy (non-hydrogen) atoms. The van der Waals surface area contributed by atoms with Crippen LogP contribution in [0.2, 0.25) is 0 Å². The van der Waals surface area contributed by atoms with Crippen molar-refractivity contribution < 1.29 is 48.9 Å². The molecule has 0 aliphatic heterocycles. The van der Waals surface area contributed by atoms with E-state index in [1.54, 1.807) is 0 Å². The summed E-state index contributed by atoms with van der Waals surface area (Å²) in [6.07, 6.45) is -6.02. The maximum atomic E-state index is 11.3. The fraction of sp³-hybridized carbons (Fsp3) is 0.667. The first kappa shape index (κ1) is 13.2. The van der Waals surface area contributed by atoms with Crippen molar-refractivity contribution in [3.8, 4) is 0 Å². The van der Waals surface area contributed by atoms with Gasteiger partial charge in [0.15, 0.2) is 0 Å². The van der Waals surface area contributed by atoms with Crippen LogP contribution in [0.25, 0.3) is 0 Å². The number of rotatable bonds is 1. The molecule has 0 aliphatic carbocycles. The normalized spacial score (nSPS) is 12.1. The predicted molar refractivity (Wildman–Crippen MR) is 18.6 cm³/mol. The molecule has 0 rings (SSSR count). The molecule has 71 valence electrons. The van der Waals surface area contributed by atoms with Crippen molar-refractivity contribution in [2.24, 2.45) is 0 Å². The smallest absolute Gasteiger partial charge is 0.465 e. The number of hydrogen-bond donors (Lipinski definition) is 1. The molecule has 0 saturated carbocycles. The van der Waals surface area contributed by atoms with Gasteiger partial charge in [0, 0.05) is 17.1 Å².